The fourth-order valence-electron chi connectivity index (χ4n) is 4.43. The molecule has 0 saturated carbocycles. The number of anilines is 2. The summed E-state index contributed by atoms with van der Waals surface area (Å²) in [5.74, 6) is 0.261. The summed E-state index contributed by atoms with van der Waals surface area (Å²) in [5.41, 5.74) is 4.46. The maximum absolute atomic E-state index is 12.7. The predicted molar refractivity (Wildman–Crippen MR) is 129 cm³/mol. The highest BCUT2D eigenvalue weighted by atomic mass is 35.5. The van der Waals surface area contributed by atoms with Gasteiger partial charge in [-0.2, -0.15) is 0 Å². The van der Waals surface area contributed by atoms with Crippen LogP contribution >= 0.6 is 23.2 Å². The number of aryl methyl sites for hydroxylation is 1. The van der Waals surface area contributed by atoms with Crippen molar-refractivity contribution in [2.24, 2.45) is 0 Å². The number of nitrogens with zero attached hydrogens (tertiary/aromatic N) is 2. The van der Waals surface area contributed by atoms with E-state index in [1.807, 2.05) is 17.0 Å². The van der Waals surface area contributed by atoms with E-state index in [9.17, 15) is 4.79 Å². The lowest BCUT2D eigenvalue weighted by Crippen LogP contribution is -2.53. The fourth-order valence-corrected chi connectivity index (χ4v) is 5.00. The van der Waals surface area contributed by atoms with Crippen molar-refractivity contribution >= 4 is 40.5 Å². The fraction of sp³-hybridized carbons (Fsp3) is 0.458. The summed E-state index contributed by atoms with van der Waals surface area (Å²) in [5, 5.41) is 8.23. The minimum absolute atomic E-state index is 0.0166. The molecule has 2 atom stereocenters. The maximum Gasteiger partial charge on any atom is 0.239 e. The Balaban J connectivity index is 1.41. The first kappa shape index (κ1) is 22.3. The highest BCUT2D eigenvalue weighted by Crippen LogP contribution is 2.31. The van der Waals surface area contributed by atoms with E-state index in [0.29, 0.717) is 10.0 Å². The number of benzene rings is 2. The van der Waals surface area contributed by atoms with E-state index < -0.39 is 0 Å². The molecule has 5 nitrogen and oxygen atoms in total. The minimum Gasteiger partial charge on any atom is -0.378 e. The Hall–Kier alpha value is -1.95. The van der Waals surface area contributed by atoms with Gasteiger partial charge in [-0.1, -0.05) is 35.3 Å². The average molecular weight is 461 g/mol. The Morgan fingerprint density at radius 2 is 1.90 bits per heavy atom. The number of halogens is 2. The SMILES string of the molecule is Cc1ccc(N2CCN(C(=O)[C@H]3CCCN3)CC2)cc1N[C@@H](C)c1ccc(Cl)cc1Cl. The number of amides is 1. The van der Waals surface area contributed by atoms with Crippen molar-refractivity contribution < 1.29 is 4.79 Å². The number of carbonyl (C=O) groups excluding carboxylic acids is 1. The molecular formula is C24H30Cl2N4O. The molecule has 2 fully saturated rings. The Morgan fingerprint density at radius 1 is 1.13 bits per heavy atom. The van der Waals surface area contributed by atoms with Gasteiger partial charge in [0, 0.05) is 47.6 Å². The summed E-state index contributed by atoms with van der Waals surface area (Å²) < 4.78 is 0. The topological polar surface area (TPSA) is 47.6 Å². The van der Waals surface area contributed by atoms with Gasteiger partial charge in [-0.3, -0.25) is 4.79 Å². The minimum atomic E-state index is 0.0166. The summed E-state index contributed by atoms with van der Waals surface area (Å²) in [6.07, 6.45) is 2.05. The largest absolute Gasteiger partial charge is 0.378 e. The van der Waals surface area contributed by atoms with Crippen molar-refractivity contribution in [1.82, 2.24) is 10.2 Å². The van der Waals surface area contributed by atoms with Crippen LogP contribution in [0.3, 0.4) is 0 Å². The van der Waals surface area contributed by atoms with E-state index in [4.69, 9.17) is 23.2 Å². The molecule has 2 aromatic carbocycles. The van der Waals surface area contributed by atoms with Crippen LogP contribution in [0.5, 0.6) is 0 Å². The van der Waals surface area contributed by atoms with Crippen molar-refractivity contribution in [3.05, 3.63) is 57.6 Å². The predicted octanol–water partition coefficient (Wildman–Crippen LogP) is 4.88. The average Bonchev–Trinajstić information content (AvgIpc) is 3.30. The Morgan fingerprint density at radius 3 is 2.58 bits per heavy atom. The van der Waals surface area contributed by atoms with Crippen LogP contribution < -0.4 is 15.5 Å². The van der Waals surface area contributed by atoms with Gasteiger partial charge in [0.1, 0.15) is 0 Å². The third-order valence-corrected chi connectivity index (χ3v) is 6.90. The Labute approximate surface area is 194 Å². The molecule has 7 heteroatoms. The second-order valence-corrected chi connectivity index (χ2v) is 9.34. The summed E-state index contributed by atoms with van der Waals surface area (Å²) in [4.78, 5) is 17.0. The quantitative estimate of drug-likeness (QED) is 0.667. The molecule has 2 saturated heterocycles. The van der Waals surface area contributed by atoms with Gasteiger partial charge in [0.25, 0.3) is 0 Å². The molecule has 4 rings (SSSR count). The van der Waals surface area contributed by atoms with E-state index in [1.165, 1.54) is 11.3 Å². The summed E-state index contributed by atoms with van der Waals surface area (Å²) >= 11 is 12.4. The summed E-state index contributed by atoms with van der Waals surface area (Å²) in [6.45, 7) is 8.39. The molecule has 166 valence electrons. The standard InChI is InChI=1S/C24H30Cl2N4O/c1-16-5-7-19(15-23(16)28-17(2)20-8-6-18(25)14-21(20)26)29-10-12-30(13-11-29)24(31)22-4-3-9-27-22/h5-8,14-15,17,22,27-28H,3-4,9-13H2,1-2H3/t17-,22+/m0/s1. The third-order valence-electron chi connectivity index (χ3n) is 6.34. The van der Waals surface area contributed by atoms with Crippen LogP contribution in [-0.4, -0.2) is 49.6 Å². The van der Waals surface area contributed by atoms with Gasteiger partial charge >= 0.3 is 0 Å². The van der Waals surface area contributed by atoms with Gasteiger partial charge in [-0.15, -0.1) is 0 Å². The lowest BCUT2D eigenvalue weighted by Gasteiger charge is -2.37. The number of hydrogen-bond acceptors (Lipinski definition) is 4. The molecule has 2 heterocycles. The molecule has 0 aliphatic carbocycles. The highest BCUT2D eigenvalue weighted by molar-refractivity contribution is 6.35. The van der Waals surface area contributed by atoms with Gasteiger partial charge in [0.05, 0.1) is 12.1 Å². The normalized spacial score (nSPS) is 20.1. The van der Waals surface area contributed by atoms with Gasteiger partial charge in [0.2, 0.25) is 5.91 Å². The van der Waals surface area contributed by atoms with Crippen LogP contribution in [0.25, 0.3) is 0 Å². The van der Waals surface area contributed by atoms with Gasteiger partial charge < -0.3 is 20.4 Å². The second-order valence-electron chi connectivity index (χ2n) is 8.49. The molecular weight excluding hydrogens is 431 g/mol. The zero-order valence-electron chi connectivity index (χ0n) is 18.1. The first-order chi connectivity index (χ1) is 14.9. The zero-order valence-corrected chi connectivity index (χ0v) is 19.6. The summed E-state index contributed by atoms with van der Waals surface area (Å²) in [6, 6.07) is 12.2. The van der Waals surface area contributed by atoms with Gasteiger partial charge in [0.15, 0.2) is 0 Å². The van der Waals surface area contributed by atoms with E-state index in [-0.39, 0.29) is 18.0 Å². The molecule has 2 aliphatic rings. The van der Waals surface area contributed by atoms with E-state index in [0.717, 1.165) is 56.8 Å². The van der Waals surface area contributed by atoms with Crippen molar-refractivity contribution in [3.63, 3.8) is 0 Å². The van der Waals surface area contributed by atoms with Crippen LogP contribution in [0, 0.1) is 6.92 Å². The van der Waals surface area contributed by atoms with Gasteiger partial charge in [-0.05, 0) is 68.6 Å². The second kappa shape index (κ2) is 9.68. The lowest BCUT2D eigenvalue weighted by molar-refractivity contribution is -0.133. The zero-order chi connectivity index (χ0) is 22.0. The molecule has 2 aliphatic heterocycles. The summed E-state index contributed by atoms with van der Waals surface area (Å²) in [7, 11) is 0. The van der Waals surface area contributed by atoms with Crippen LogP contribution in [-0.2, 0) is 4.79 Å². The first-order valence-electron chi connectivity index (χ1n) is 11.0. The van der Waals surface area contributed by atoms with E-state index >= 15 is 0 Å². The van der Waals surface area contributed by atoms with E-state index in [2.05, 4.69) is 47.6 Å². The van der Waals surface area contributed by atoms with Crippen molar-refractivity contribution in [3.8, 4) is 0 Å². The van der Waals surface area contributed by atoms with E-state index in [1.54, 1.807) is 6.07 Å². The van der Waals surface area contributed by atoms with Crippen LogP contribution in [0.2, 0.25) is 10.0 Å². The molecule has 31 heavy (non-hydrogen) atoms. The van der Waals surface area contributed by atoms with Crippen molar-refractivity contribution in [2.45, 2.75) is 38.8 Å². The van der Waals surface area contributed by atoms with Crippen LogP contribution in [0.15, 0.2) is 36.4 Å². The molecule has 0 spiro atoms. The molecule has 2 aromatic rings. The Kier molecular flexibility index (Phi) is 6.95. The van der Waals surface area contributed by atoms with Crippen LogP contribution in [0.1, 0.15) is 36.9 Å². The number of piperazine rings is 1. The number of hydrogen-bond donors (Lipinski definition) is 2. The van der Waals surface area contributed by atoms with Crippen LogP contribution in [0.4, 0.5) is 11.4 Å². The Bertz CT molecular complexity index is 937. The molecule has 0 bridgehead atoms. The molecule has 2 N–H and O–H groups in total. The first-order valence-corrected chi connectivity index (χ1v) is 11.8. The maximum atomic E-state index is 12.7. The molecule has 0 aromatic heterocycles. The van der Waals surface area contributed by atoms with Crippen molar-refractivity contribution in [2.75, 3.05) is 42.9 Å². The molecule has 0 unspecified atom stereocenters. The molecule has 1 amide bonds. The monoisotopic (exact) mass is 460 g/mol. The van der Waals surface area contributed by atoms with Crippen molar-refractivity contribution in [1.29, 1.82) is 0 Å². The third kappa shape index (κ3) is 5.11. The molecule has 0 radical (unpaired) electrons. The lowest BCUT2D eigenvalue weighted by atomic mass is 10.1. The number of carbonyl (C=O) groups is 1. The number of nitrogens with one attached hydrogen (secondary N) is 2. The smallest absolute Gasteiger partial charge is 0.239 e. The highest BCUT2D eigenvalue weighted by Gasteiger charge is 2.29. The number of rotatable bonds is 5. The van der Waals surface area contributed by atoms with Gasteiger partial charge in [-0.25, -0.2) is 0 Å².